The molecule has 6 heteroatoms. The normalized spacial score (nSPS) is 13.3. The monoisotopic (exact) mass is 416 g/mol. The van der Waals surface area contributed by atoms with E-state index < -0.39 is 14.7 Å². The Morgan fingerprint density at radius 1 is 1.11 bits per heavy atom. The molecular formula is C21H34F2O2SSi. The van der Waals surface area contributed by atoms with Gasteiger partial charge >= 0.3 is 0 Å². The average molecular weight is 417 g/mol. The van der Waals surface area contributed by atoms with Crippen LogP contribution in [0.25, 0.3) is 0 Å². The van der Waals surface area contributed by atoms with Crippen LogP contribution < -0.4 is 4.74 Å². The molecule has 0 atom stereocenters. The van der Waals surface area contributed by atoms with Gasteiger partial charge in [-0.15, -0.1) is 0 Å². The minimum atomic E-state index is -2.45. The van der Waals surface area contributed by atoms with E-state index in [9.17, 15) is 8.78 Å². The van der Waals surface area contributed by atoms with Crippen LogP contribution in [0.1, 0.15) is 46.5 Å². The molecule has 0 unspecified atom stereocenters. The van der Waals surface area contributed by atoms with Gasteiger partial charge in [-0.1, -0.05) is 45.0 Å². The third-order valence-corrected chi connectivity index (χ3v) is 10.6. The molecule has 0 aliphatic carbocycles. The van der Waals surface area contributed by atoms with Gasteiger partial charge in [0.1, 0.15) is 5.75 Å². The number of rotatable bonds is 11. The van der Waals surface area contributed by atoms with E-state index in [0.29, 0.717) is 6.42 Å². The average Bonchev–Trinajstić information content (AvgIpc) is 2.59. The largest absolute Gasteiger partial charge is 0.497 e. The van der Waals surface area contributed by atoms with Crippen molar-refractivity contribution in [2.75, 3.05) is 13.7 Å². The molecule has 0 fully saturated rings. The minimum absolute atomic E-state index is 0.123. The summed E-state index contributed by atoms with van der Waals surface area (Å²) in [5.41, 5.74) is 0. The Morgan fingerprint density at radius 2 is 1.74 bits per heavy atom. The van der Waals surface area contributed by atoms with Gasteiger partial charge in [-0.05, 0) is 61.7 Å². The molecule has 2 nitrogen and oxygen atoms in total. The number of methoxy groups -OCH3 is 1. The third kappa shape index (κ3) is 8.79. The Balaban J connectivity index is 2.37. The van der Waals surface area contributed by atoms with Gasteiger partial charge in [-0.2, -0.15) is 0 Å². The summed E-state index contributed by atoms with van der Waals surface area (Å²) in [4.78, 5) is 0.919. The maximum absolute atomic E-state index is 13.3. The highest BCUT2D eigenvalue weighted by Gasteiger charge is 2.36. The summed E-state index contributed by atoms with van der Waals surface area (Å²) in [6.45, 7) is 12.0. The third-order valence-electron chi connectivity index (χ3n) is 4.97. The number of ether oxygens (including phenoxy) is 1. The SMILES string of the molecule is COc1ccc(S/C(=C\CCCCCO[Si](C)(C)C(C)(C)C)C(F)F)cc1. The van der Waals surface area contributed by atoms with Crippen LogP contribution in [0.3, 0.4) is 0 Å². The van der Waals surface area contributed by atoms with E-state index in [1.165, 1.54) is 0 Å². The summed E-state index contributed by atoms with van der Waals surface area (Å²) in [6.07, 6.45) is 2.78. The lowest BCUT2D eigenvalue weighted by molar-refractivity contribution is 0.199. The van der Waals surface area contributed by atoms with E-state index in [4.69, 9.17) is 9.16 Å². The molecule has 154 valence electrons. The van der Waals surface area contributed by atoms with Crippen LogP contribution in [0.5, 0.6) is 5.75 Å². The lowest BCUT2D eigenvalue weighted by atomic mass is 10.2. The van der Waals surface area contributed by atoms with Gasteiger partial charge in [-0.25, -0.2) is 8.78 Å². The zero-order valence-electron chi connectivity index (χ0n) is 17.5. The van der Waals surface area contributed by atoms with Crippen molar-refractivity contribution >= 4 is 20.1 Å². The topological polar surface area (TPSA) is 18.5 Å². The molecule has 0 aromatic heterocycles. The van der Waals surface area contributed by atoms with E-state index in [2.05, 4.69) is 33.9 Å². The molecule has 1 rings (SSSR count). The highest BCUT2D eigenvalue weighted by molar-refractivity contribution is 8.03. The maximum atomic E-state index is 13.3. The summed E-state index contributed by atoms with van der Waals surface area (Å²) in [6, 6.07) is 7.18. The standard InChI is InChI=1S/C21H34F2O2SSi/c1-21(2,3)27(5,6)25-16-10-8-7-9-11-19(20(22)23)26-18-14-12-17(24-4)13-15-18/h11-15,20H,7-10,16H2,1-6H3/b19-11-. The minimum Gasteiger partial charge on any atom is -0.497 e. The Kier molecular flexibility index (Phi) is 10.1. The fraction of sp³-hybridized carbons (Fsp3) is 0.619. The second kappa shape index (κ2) is 11.2. The number of benzene rings is 1. The van der Waals surface area contributed by atoms with Gasteiger partial charge in [-0.3, -0.25) is 0 Å². The Hall–Kier alpha value is -0.853. The van der Waals surface area contributed by atoms with Crippen LogP contribution in [-0.2, 0) is 4.43 Å². The molecule has 27 heavy (non-hydrogen) atoms. The molecule has 0 saturated carbocycles. The van der Waals surface area contributed by atoms with Crippen LogP contribution in [0.2, 0.25) is 18.1 Å². The van der Waals surface area contributed by atoms with Crippen molar-refractivity contribution in [1.29, 1.82) is 0 Å². The van der Waals surface area contributed by atoms with Crippen LogP contribution in [0, 0.1) is 0 Å². The number of allylic oxidation sites excluding steroid dienone is 2. The van der Waals surface area contributed by atoms with Crippen molar-refractivity contribution in [2.24, 2.45) is 0 Å². The van der Waals surface area contributed by atoms with Crippen molar-refractivity contribution in [1.82, 2.24) is 0 Å². The molecule has 0 radical (unpaired) electrons. The predicted molar refractivity (Wildman–Crippen MR) is 115 cm³/mol. The van der Waals surface area contributed by atoms with Gasteiger partial charge in [0.25, 0.3) is 6.43 Å². The zero-order valence-corrected chi connectivity index (χ0v) is 19.3. The first kappa shape index (κ1) is 24.2. The van der Waals surface area contributed by atoms with Crippen LogP contribution in [0.4, 0.5) is 8.78 Å². The fourth-order valence-corrected chi connectivity index (χ4v) is 4.09. The van der Waals surface area contributed by atoms with Crippen molar-refractivity contribution < 1.29 is 17.9 Å². The first-order valence-electron chi connectivity index (χ1n) is 9.51. The van der Waals surface area contributed by atoms with E-state index in [0.717, 1.165) is 48.3 Å². The second-order valence-electron chi connectivity index (χ2n) is 8.14. The smallest absolute Gasteiger partial charge is 0.269 e. The highest BCUT2D eigenvalue weighted by atomic mass is 32.2. The molecule has 0 aliphatic heterocycles. The molecule has 1 aromatic rings. The van der Waals surface area contributed by atoms with Crippen LogP contribution in [0.15, 0.2) is 40.1 Å². The molecule has 0 aliphatic rings. The van der Waals surface area contributed by atoms with E-state index in [-0.39, 0.29) is 9.94 Å². The van der Waals surface area contributed by atoms with Gasteiger partial charge < -0.3 is 9.16 Å². The van der Waals surface area contributed by atoms with Crippen molar-refractivity contribution in [3.05, 3.63) is 35.2 Å². The first-order chi connectivity index (χ1) is 12.6. The van der Waals surface area contributed by atoms with Crippen molar-refractivity contribution in [3.63, 3.8) is 0 Å². The van der Waals surface area contributed by atoms with Crippen molar-refractivity contribution in [3.8, 4) is 5.75 Å². The fourth-order valence-electron chi connectivity index (χ4n) is 2.17. The molecule has 0 heterocycles. The molecular weight excluding hydrogens is 382 g/mol. The van der Waals surface area contributed by atoms with E-state index in [1.807, 2.05) is 0 Å². The number of hydrogen-bond donors (Lipinski definition) is 0. The summed E-state index contributed by atoms with van der Waals surface area (Å²) in [5, 5.41) is 0.223. The van der Waals surface area contributed by atoms with Crippen LogP contribution >= 0.6 is 11.8 Å². The second-order valence-corrected chi connectivity index (χ2v) is 14.1. The Bertz CT molecular complexity index is 581. The summed E-state index contributed by atoms with van der Waals surface area (Å²) >= 11 is 1.13. The number of thioether (sulfide) groups is 1. The summed E-state index contributed by atoms with van der Waals surface area (Å²) < 4.78 is 37.8. The number of unbranched alkanes of at least 4 members (excludes halogenated alkanes) is 3. The molecule has 0 saturated heterocycles. The Labute approximate surface area is 168 Å². The zero-order chi connectivity index (χ0) is 20.5. The number of hydrogen-bond acceptors (Lipinski definition) is 3. The molecule has 1 aromatic carbocycles. The molecule has 0 amide bonds. The number of alkyl halides is 2. The summed E-state index contributed by atoms with van der Waals surface area (Å²) in [7, 11) is -0.0925. The van der Waals surface area contributed by atoms with Crippen LogP contribution in [-0.4, -0.2) is 28.5 Å². The van der Waals surface area contributed by atoms with Gasteiger partial charge in [0, 0.05) is 11.5 Å². The van der Waals surface area contributed by atoms with E-state index in [1.54, 1.807) is 37.5 Å². The Morgan fingerprint density at radius 3 is 2.26 bits per heavy atom. The van der Waals surface area contributed by atoms with Gasteiger partial charge in [0.2, 0.25) is 0 Å². The summed E-state index contributed by atoms with van der Waals surface area (Å²) in [5.74, 6) is 0.724. The van der Waals surface area contributed by atoms with Gasteiger partial charge in [0.15, 0.2) is 8.32 Å². The lowest BCUT2D eigenvalue weighted by Crippen LogP contribution is -2.40. The quantitative estimate of drug-likeness (QED) is 0.211. The maximum Gasteiger partial charge on any atom is 0.269 e. The lowest BCUT2D eigenvalue weighted by Gasteiger charge is -2.36. The van der Waals surface area contributed by atoms with Crippen molar-refractivity contribution in [2.45, 2.75) is 75.9 Å². The molecule has 0 bridgehead atoms. The predicted octanol–water partition coefficient (Wildman–Crippen LogP) is 7.52. The molecule has 0 N–H and O–H groups in total. The first-order valence-corrected chi connectivity index (χ1v) is 13.2. The molecule has 0 spiro atoms. The van der Waals surface area contributed by atoms with E-state index >= 15 is 0 Å². The van der Waals surface area contributed by atoms with Gasteiger partial charge in [0.05, 0.1) is 12.0 Å². The highest BCUT2D eigenvalue weighted by Crippen LogP contribution is 2.36. The number of halogens is 2.